The summed E-state index contributed by atoms with van der Waals surface area (Å²) >= 11 is 1.61. The van der Waals surface area contributed by atoms with Crippen molar-refractivity contribution < 1.29 is 4.79 Å². The van der Waals surface area contributed by atoms with E-state index in [9.17, 15) is 4.79 Å². The number of hydrogen-bond acceptors (Lipinski definition) is 5. The number of aromatic nitrogens is 1. The molecule has 7 heteroatoms. The Bertz CT molecular complexity index is 1210. The third-order valence-corrected chi connectivity index (χ3v) is 5.81. The van der Waals surface area contributed by atoms with E-state index >= 15 is 0 Å². The number of thiophene rings is 1. The number of amides is 2. The van der Waals surface area contributed by atoms with Crippen LogP contribution in [-0.4, -0.2) is 11.0 Å². The molecule has 4 rings (SSSR count). The van der Waals surface area contributed by atoms with Crippen LogP contribution < -0.4 is 22.1 Å². The highest BCUT2D eigenvalue weighted by Crippen LogP contribution is 2.43. The molecule has 2 aromatic carbocycles. The monoisotopic (exact) mass is 403 g/mol. The Labute approximate surface area is 172 Å². The largest absolute Gasteiger partial charge is 0.396 e. The molecule has 2 heterocycles. The maximum Gasteiger partial charge on any atom is 0.323 e. The molecule has 2 aromatic heterocycles. The van der Waals surface area contributed by atoms with Crippen molar-refractivity contribution in [1.82, 2.24) is 4.98 Å². The van der Waals surface area contributed by atoms with Crippen LogP contribution >= 0.6 is 11.3 Å². The standard InChI is InChI=1S/C22H21N5OS/c1-12-4-3-5-16(10-12)27-22(28)26-15-8-6-14(7-9-15)18-13(2)29-20-17(23)11-25-21(24)19(18)20/h3-11H,23H2,1-2H3,(H2,24,25)(H2,26,27,28). The van der Waals surface area contributed by atoms with Crippen LogP contribution in [0, 0.1) is 13.8 Å². The minimum absolute atomic E-state index is 0.290. The molecule has 2 amide bonds. The number of carbonyl (C=O) groups is 1. The number of carbonyl (C=O) groups excluding carboxylic acids is 1. The third-order valence-electron chi connectivity index (χ3n) is 4.65. The number of urea groups is 1. The van der Waals surface area contributed by atoms with E-state index in [0.29, 0.717) is 17.2 Å². The van der Waals surface area contributed by atoms with Crippen LogP contribution in [0.4, 0.5) is 27.7 Å². The first kappa shape index (κ1) is 18.8. The summed E-state index contributed by atoms with van der Waals surface area (Å²) in [4.78, 5) is 17.6. The second-order valence-corrected chi connectivity index (χ2v) is 8.09. The molecule has 0 aliphatic rings. The highest BCUT2D eigenvalue weighted by atomic mass is 32.1. The molecule has 6 nitrogen and oxygen atoms in total. The normalized spacial score (nSPS) is 10.8. The smallest absolute Gasteiger partial charge is 0.323 e. The van der Waals surface area contributed by atoms with Crippen molar-refractivity contribution in [3.63, 3.8) is 0 Å². The average Bonchev–Trinajstić information content (AvgIpc) is 3.04. The number of nitrogens with two attached hydrogens (primary N) is 2. The number of aryl methyl sites for hydroxylation is 2. The SMILES string of the molecule is Cc1cccc(NC(=O)Nc2ccc(-c3c(C)sc4c(N)cnc(N)c34)cc2)c1. The predicted molar refractivity (Wildman–Crippen MR) is 122 cm³/mol. The molecule has 0 bridgehead atoms. The van der Waals surface area contributed by atoms with Crippen molar-refractivity contribution in [3.8, 4) is 11.1 Å². The number of fused-ring (bicyclic) bond motifs is 1. The van der Waals surface area contributed by atoms with Gasteiger partial charge >= 0.3 is 6.03 Å². The number of anilines is 4. The maximum atomic E-state index is 12.3. The number of nitrogens with zero attached hydrogens (tertiary/aromatic N) is 1. The van der Waals surface area contributed by atoms with Crippen molar-refractivity contribution in [2.75, 3.05) is 22.1 Å². The molecule has 0 spiro atoms. The summed E-state index contributed by atoms with van der Waals surface area (Å²) in [5.74, 6) is 0.466. The van der Waals surface area contributed by atoms with Gasteiger partial charge in [-0.05, 0) is 49.2 Å². The first-order valence-electron chi connectivity index (χ1n) is 9.10. The highest BCUT2D eigenvalue weighted by Gasteiger charge is 2.16. The van der Waals surface area contributed by atoms with Gasteiger partial charge in [0.1, 0.15) is 5.82 Å². The van der Waals surface area contributed by atoms with E-state index in [-0.39, 0.29) is 6.03 Å². The maximum absolute atomic E-state index is 12.3. The van der Waals surface area contributed by atoms with E-state index in [1.54, 1.807) is 17.5 Å². The van der Waals surface area contributed by atoms with Crippen LogP contribution in [0.2, 0.25) is 0 Å². The number of rotatable bonds is 3. The minimum atomic E-state index is -0.290. The molecule has 29 heavy (non-hydrogen) atoms. The Balaban J connectivity index is 1.57. The second-order valence-electron chi connectivity index (χ2n) is 6.86. The van der Waals surface area contributed by atoms with E-state index in [1.165, 1.54) is 0 Å². The summed E-state index contributed by atoms with van der Waals surface area (Å²) in [5, 5.41) is 6.56. The van der Waals surface area contributed by atoms with Crippen molar-refractivity contribution in [3.05, 3.63) is 65.2 Å². The van der Waals surface area contributed by atoms with Crippen molar-refractivity contribution in [1.29, 1.82) is 0 Å². The first-order chi connectivity index (χ1) is 13.9. The van der Waals surface area contributed by atoms with Crippen LogP contribution in [0.5, 0.6) is 0 Å². The molecular weight excluding hydrogens is 382 g/mol. The van der Waals surface area contributed by atoms with Gasteiger partial charge < -0.3 is 22.1 Å². The summed E-state index contributed by atoms with van der Waals surface area (Å²) in [6.07, 6.45) is 1.59. The van der Waals surface area contributed by atoms with Gasteiger partial charge in [0.25, 0.3) is 0 Å². The quantitative estimate of drug-likeness (QED) is 0.368. The van der Waals surface area contributed by atoms with Crippen molar-refractivity contribution in [2.24, 2.45) is 0 Å². The molecule has 4 aromatic rings. The van der Waals surface area contributed by atoms with Gasteiger partial charge in [0.2, 0.25) is 0 Å². The Morgan fingerprint density at radius 3 is 2.45 bits per heavy atom. The highest BCUT2D eigenvalue weighted by molar-refractivity contribution is 7.20. The topological polar surface area (TPSA) is 106 Å². The summed E-state index contributed by atoms with van der Waals surface area (Å²) in [7, 11) is 0. The molecule has 0 aliphatic carbocycles. The zero-order valence-corrected chi connectivity index (χ0v) is 16.9. The lowest BCUT2D eigenvalue weighted by molar-refractivity contribution is 0.262. The first-order valence-corrected chi connectivity index (χ1v) is 9.92. The summed E-state index contributed by atoms with van der Waals surface area (Å²) in [6.45, 7) is 4.02. The number of hydrogen-bond donors (Lipinski definition) is 4. The molecule has 0 saturated carbocycles. The third kappa shape index (κ3) is 3.72. The molecule has 6 N–H and O–H groups in total. The Morgan fingerprint density at radius 2 is 1.72 bits per heavy atom. The van der Waals surface area contributed by atoms with E-state index in [0.717, 1.165) is 37.3 Å². The van der Waals surface area contributed by atoms with Crippen molar-refractivity contribution >= 4 is 50.3 Å². The molecule has 0 radical (unpaired) electrons. The molecule has 0 unspecified atom stereocenters. The van der Waals surface area contributed by atoms with Crippen LogP contribution in [-0.2, 0) is 0 Å². The van der Waals surface area contributed by atoms with Gasteiger partial charge in [-0.3, -0.25) is 0 Å². The molecular formula is C22H21N5OS. The van der Waals surface area contributed by atoms with Crippen LogP contribution in [0.25, 0.3) is 21.2 Å². The molecule has 0 aliphatic heterocycles. The lowest BCUT2D eigenvalue weighted by Gasteiger charge is -2.10. The van der Waals surface area contributed by atoms with E-state index < -0.39 is 0 Å². The van der Waals surface area contributed by atoms with Crippen molar-refractivity contribution in [2.45, 2.75) is 13.8 Å². The number of pyridine rings is 1. The van der Waals surface area contributed by atoms with E-state index in [4.69, 9.17) is 11.5 Å². The number of nitrogen functional groups attached to an aromatic ring is 2. The zero-order valence-electron chi connectivity index (χ0n) is 16.1. The van der Waals surface area contributed by atoms with Crippen LogP contribution in [0.1, 0.15) is 10.4 Å². The van der Waals surface area contributed by atoms with Gasteiger partial charge in [0, 0.05) is 27.2 Å². The molecule has 0 saturated heterocycles. The number of nitrogens with one attached hydrogen (secondary N) is 2. The summed E-state index contributed by atoms with van der Waals surface area (Å²) in [5.41, 5.74) is 17.4. The summed E-state index contributed by atoms with van der Waals surface area (Å²) < 4.78 is 0.949. The second kappa shape index (κ2) is 7.44. The number of benzene rings is 2. The average molecular weight is 404 g/mol. The van der Waals surface area contributed by atoms with E-state index in [2.05, 4.69) is 15.6 Å². The summed E-state index contributed by atoms with van der Waals surface area (Å²) in [6, 6.07) is 15.0. The van der Waals surface area contributed by atoms with Gasteiger partial charge in [-0.1, -0.05) is 24.3 Å². The lowest BCUT2D eigenvalue weighted by Crippen LogP contribution is -2.19. The fourth-order valence-electron chi connectivity index (χ4n) is 3.34. The molecule has 146 valence electrons. The molecule has 0 fully saturated rings. The Hall–Kier alpha value is -3.58. The minimum Gasteiger partial charge on any atom is -0.396 e. The fourth-order valence-corrected chi connectivity index (χ4v) is 4.45. The molecule has 0 atom stereocenters. The lowest BCUT2D eigenvalue weighted by atomic mass is 10.0. The van der Waals surface area contributed by atoms with Crippen LogP contribution in [0.3, 0.4) is 0 Å². The predicted octanol–water partition coefficient (Wildman–Crippen LogP) is 5.39. The Morgan fingerprint density at radius 1 is 1.00 bits per heavy atom. The van der Waals surface area contributed by atoms with Gasteiger partial charge in [-0.2, -0.15) is 0 Å². The Kier molecular flexibility index (Phi) is 4.82. The van der Waals surface area contributed by atoms with Gasteiger partial charge in [-0.15, -0.1) is 11.3 Å². The zero-order chi connectivity index (χ0) is 20.5. The van der Waals surface area contributed by atoms with Gasteiger partial charge in [0.05, 0.1) is 16.6 Å². The van der Waals surface area contributed by atoms with Crippen LogP contribution in [0.15, 0.2) is 54.7 Å². The van der Waals surface area contributed by atoms with E-state index in [1.807, 2.05) is 62.4 Å². The van der Waals surface area contributed by atoms with Gasteiger partial charge in [0.15, 0.2) is 0 Å². The fraction of sp³-hybridized carbons (Fsp3) is 0.0909. The van der Waals surface area contributed by atoms with Gasteiger partial charge in [-0.25, -0.2) is 9.78 Å².